The van der Waals surface area contributed by atoms with Crippen LogP contribution < -0.4 is 14.9 Å². The molecule has 10 heteroatoms. The third-order valence-electron chi connectivity index (χ3n) is 3.99. The molecule has 0 saturated heterocycles. The second-order valence-corrected chi connectivity index (χ2v) is 8.31. The number of benzene rings is 2. The van der Waals surface area contributed by atoms with Gasteiger partial charge in [-0.25, -0.2) is 13.2 Å². The number of carbonyl (C=O) groups is 3. The third-order valence-corrected chi connectivity index (χ3v) is 5.79. The summed E-state index contributed by atoms with van der Waals surface area (Å²) in [4.78, 5) is 35.3. The number of amides is 3. The first-order valence-electron chi connectivity index (χ1n) is 8.50. The molecule has 0 spiro atoms. The molecule has 0 fully saturated rings. The summed E-state index contributed by atoms with van der Waals surface area (Å²) in [6, 6.07) is 9.10. The average molecular weight is 405 g/mol. The average Bonchev–Trinajstić information content (AvgIpc) is 2.83. The summed E-state index contributed by atoms with van der Waals surface area (Å²) in [6.45, 7) is 2.16. The Morgan fingerprint density at radius 2 is 1.79 bits per heavy atom. The van der Waals surface area contributed by atoms with Crippen molar-refractivity contribution < 1.29 is 27.5 Å². The van der Waals surface area contributed by atoms with Crippen LogP contribution in [0.3, 0.4) is 0 Å². The molecule has 0 unspecified atom stereocenters. The van der Waals surface area contributed by atoms with Gasteiger partial charge in [0.2, 0.25) is 0 Å². The van der Waals surface area contributed by atoms with Gasteiger partial charge in [0.05, 0.1) is 10.6 Å². The highest BCUT2D eigenvalue weighted by Crippen LogP contribution is 2.41. The van der Waals surface area contributed by atoms with Crippen molar-refractivity contribution >= 4 is 44.4 Å². The molecule has 2 aromatic rings. The number of anilines is 1. The smallest absolute Gasteiger partial charge is 0.327 e. The van der Waals surface area contributed by atoms with Crippen molar-refractivity contribution in [2.75, 3.05) is 17.5 Å². The first-order chi connectivity index (χ1) is 13.2. The number of ether oxygens (including phenoxy) is 1. The zero-order valence-electron chi connectivity index (χ0n) is 15.3. The van der Waals surface area contributed by atoms with Gasteiger partial charge in [-0.2, -0.15) is 0 Å². The molecular formula is C18H19N3O6S. The van der Waals surface area contributed by atoms with Gasteiger partial charge in [-0.05, 0) is 31.4 Å². The van der Waals surface area contributed by atoms with Crippen molar-refractivity contribution in [1.29, 1.82) is 0 Å². The van der Waals surface area contributed by atoms with Crippen LogP contribution in [0, 0.1) is 0 Å². The minimum absolute atomic E-state index is 0.122. The summed E-state index contributed by atoms with van der Waals surface area (Å²) in [5.74, 6) is -1.73. The van der Waals surface area contributed by atoms with Gasteiger partial charge < -0.3 is 10.1 Å². The van der Waals surface area contributed by atoms with E-state index in [4.69, 9.17) is 4.74 Å². The minimum Gasteiger partial charge on any atom is -0.454 e. The molecule has 2 aromatic carbocycles. The van der Waals surface area contributed by atoms with Gasteiger partial charge >= 0.3 is 12.0 Å². The molecule has 3 amide bonds. The van der Waals surface area contributed by atoms with E-state index in [1.807, 2.05) is 5.32 Å². The van der Waals surface area contributed by atoms with E-state index < -0.39 is 41.1 Å². The highest BCUT2D eigenvalue weighted by atomic mass is 32.2. The standard InChI is InChI=1S/C18H19N3O6S/c1-11(2)19-18(24)20-15(22)10-27-16(23)9-21-13-7-3-5-12-6-4-8-14(17(12)13)28(21,25)26/h3-8,11H,9-10H2,1-2H3,(H2,19,20,22,24). The van der Waals surface area contributed by atoms with E-state index in [1.165, 1.54) is 6.07 Å². The fraction of sp³-hybridized carbons (Fsp3) is 0.278. The second kappa shape index (κ2) is 7.47. The van der Waals surface area contributed by atoms with Crippen LogP contribution in [0.4, 0.5) is 10.5 Å². The van der Waals surface area contributed by atoms with E-state index in [0.717, 1.165) is 9.69 Å². The number of urea groups is 1. The molecule has 1 aliphatic heterocycles. The Labute approximate surface area is 161 Å². The van der Waals surface area contributed by atoms with Crippen molar-refractivity contribution in [3.63, 3.8) is 0 Å². The molecular weight excluding hydrogens is 386 g/mol. The molecule has 28 heavy (non-hydrogen) atoms. The maximum absolute atomic E-state index is 12.8. The molecule has 0 bridgehead atoms. The maximum atomic E-state index is 12.8. The lowest BCUT2D eigenvalue weighted by atomic mass is 10.1. The Morgan fingerprint density at radius 3 is 2.46 bits per heavy atom. The summed E-state index contributed by atoms with van der Waals surface area (Å²) in [5.41, 5.74) is 0.380. The van der Waals surface area contributed by atoms with Crippen LogP contribution in [0.25, 0.3) is 10.8 Å². The van der Waals surface area contributed by atoms with Crippen molar-refractivity contribution in [2.45, 2.75) is 24.8 Å². The van der Waals surface area contributed by atoms with Gasteiger partial charge in [-0.15, -0.1) is 0 Å². The maximum Gasteiger partial charge on any atom is 0.327 e. The van der Waals surface area contributed by atoms with Crippen molar-refractivity contribution in [3.05, 3.63) is 36.4 Å². The van der Waals surface area contributed by atoms with Gasteiger partial charge in [0.1, 0.15) is 6.54 Å². The molecule has 9 nitrogen and oxygen atoms in total. The van der Waals surface area contributed by atoms with E-state index in [-0.39, 0.29) is 10.9 Å². The Hall–Kier alpha value is -3.14. The Morgan fingerprint density at radius 1 is 1.11 bits per heavy atom. The Bertz CT molecular complexity index is 1060. The number of imide groups is 1. The molecule has 2 N–H and O–H groups in total. The molecule has 0 atom stereocenters. The van der Waals surface area contributed by atoms with E-state index in [1.54, 1.807) is 44.2 Å². The first-order valence-corrected chi connectivity index (χ1v) is 9.94. The van der Waals surface area contributed by atoms with Crippen LogP contribution in [0.2, 0.25) is 0 Å². The largest absolute Gasteiger partial charge is 0.454 e. The second-order valence-electron chi connectivity index (χ2n) is 6.48. The molecule has 0 aromatic heterocycles. The lowest BCUT2D eigenvalue weighted by Crippen LogP contribution is -2.44. The lowest BCUT2D eigenvalue weighted by molar-refractivity contribution is -0.146. The molecule has 0 radical (unpaired) electrons. The first kappa shape index (κ1) is 19.6. The van der Waals surface area contributed by atoms with E-state index in [0.29, 0.717) is 11.1 Å². The van der Waals surface area contributed by atoms with Gasteiger partial charge in [-0.3, -0.25) is 19.2 Å². The monoisotopic (exact) mass is 405 g/mol. The van der Waals surface area contributed by atoms with Crippen LogP contribution in [0.1, 0.15) is 13.8 Å². The predicted octanol–water partition coefficient (Wildman–Crippen LogP) is 1.13. The number of sulfonamides is 1. The zero-order valence-corrected chi connectivity index (χ0v) is 16.1. The summed E-state index contributed by atoms with van der Waals surface area (Å²) in [5, 5.41) is 5.75. The van der Waals surface area contributed by atoms with Crippen LogP contribution in [-0.2, 0) is 24.3 Å². The van der Waals surface area contributed by atoms with Crippen LogP contribution in [0.5, 0.6) is 0 Å². The third kappa shape index (κ3) is 3.77. The molecule has 0 aliphatic carbocycles. The Balaban J connectivity index is 1.66. The number of nitrogens with one attached hydrogen (secondary N) is 2. The number of esters is 1. The van der Waals surface area contributed by atoms with Crippen LogP contribution >= 0.6 is 0 Å². The van der Waals surface area contributed by atoms with Gasteiger partial charge in [0.15, 0.2) is 6.61 Å². The fourth-order valence-corrected chi connectivity index (χ4v) is 4.55. The van der Waals surface area contributed by atoms with Crippen molar-refractivity contribution in [2.24, 2.45) is 0 Å². The molecule has 148 valence electrons. The van der Waals surface area contributed by atoms with E-state index in [9.17, 15) is 22.8 Å². The number of carbonyl (C=O) groups excluding carboxylic acids is 3. The predicted molar refractivity (Wildman–Crippen MR) is 101 cm³/mol. The number of hydrogen-bond acceptors (Lipinski definition) is 6. The molecule has 1 heterocycles. The SMILES string of the molecule is CC(C)NC(=O)NC(=O)COC(=O)CN1c2cccc3cccc(c23)S1(=O)=O. The zero-order chi connectivity index (χ0) is 20.5. The summed E-state index contributed by atoms with van der Waals surface area (Å²) in [7, 11) is -3.90. The minimum atomic E-state index is -3.90. The highest BCUT2D eigenvalue weighted by Gasteiger charge is 2.37. The van der Waals surface area contributed by atoms with E-state index >= 15 is 0 Å². The summed E-state index contributed by atoms with van der Waals surface area (Å²) < 4.78 is 31.3. The summed E-state index contributed by atoms with van der Waals surface area (Å²) >= 11 is 0. The van der Waals surface area contributed by atoms with Gasteiger partial charge in [-0.1, -0.05) is 24.3 Å². The molecule has 1 aliphatic rings. The number of nitrogens with zero attached hydrogens (tertiary/aromatic N) is 1. The summed E-state index contributed by atoms with van der Waals surface area (Å²) in [6.07, 6.45) is 0. The van der Waals surface area contributed by atoms with E-state index in [2.05, 4.69) is 5.32 Å². The number of rotatable bonds is 5. The molecule has 0 saturated carbocycles. The number of hydrogen-bond donors (Lipinski definition) is 2. The van der Waals surface area contributed by atoms with Gasteiger partial charge in [0.25, 0.3) is 15.9 Å². The Kier molecular flexibility index (Phi) is 5.23. The highest BCUT2D eigenvalue weighted by molar-refractivity contribution is 7.93. The lowest BCUT2D eigenvalue weighted by Gasteiger charge is -2.17. The molecule has 3 rings (SSSR count). The van der Waals surface area contributed by atoms with Gasteiger partial charge in [0, 0.05) is 11.4 Å². The van der Waals surface area contributed by atoms with Crippen molar-refractivity contribution in [3.8, 4) is 0 Å². The fourth-order valence-electron chi connectivity index (χ4n) is 2.90. The normalized spacial score (nSPS) is 14.2. The topological polar surface area (TPSA) is 122 Å². The van der Waals surface area contributed by atoms with Crippen molar-refractivity contribution in [1.82, 2.24) is 10.6 Å². The van der Waals surface area contributed by atoms with Crippen LogP contribution in [0.15, 0.2) is 41.3 Å². The quantitative estimate of drug-likeness (QED) is 0.719. The van der Waals surface area contributed by atoms with Crippen LogP contribution in [-0.4, -0.2) is 45.5 Å².